The number of rotatable bonds is 5. The van der Waals surface area contributed by atoms with Crippen molar-refractivity contribution < 1.29 is 31.6 Å². The van der Waals surface area contributed by atoms with Gasteiger partial charge in [-0.2, -0.15) is 13.5 Å². The highest BCUT2D eigenvalue weighted by molar-refractivity contribution is 7.80. The minimum absolute atomic E-state index is 0.0543. The molecule has 0 aliphatic carbocycles. The van der Waals surface area contributed by atoms with Crippen LogP contribution in [0.3, 0.4) is 0 Å². The number of hydroxylamine groups is 2. The van der Waals surface area contributed by atoms with Gasteiger partial charge in [0.1, 0.15) is 11.8 Å². The predicted octanol–water partition coefficient (Wildman–Crippen LogP) is -1.05. The summed E-state index contributed by atoms with van der Waals surface area (Å²) in [5.74, 6) is 0.284. The Morgan fingerprint density at radius 1 is 1.46 bits per heavy atom. The lowest BCUT2D eigenvalue weighted by molar-refractivity contribution is -0.0317. The Hall–Kier alpha value is -1.80. The molecule has 0 spiro atoms. The van der Waals surface area contributed by atoms with Gasteiger partial charge in [-0.3, -0.25) is 4.55 Å². The number of urea groups is 1. The van der Waals surface area contributed by atoms with Crippen LogP contribution in [0.15, 0.2) is 4.42 Å². The zero-order valence-corrected chi connectivity index (χ0v) is 13.5. The minimum atomic E-state index is -4.79. The second kappa shape index (κ2) is 5.63. The van der Waals surface area contributed by atoms with E-state index in [4.69, 9.17) is 14.7 Å². The van der Waals surface area contributed by atoms with E-state index in [0.29, 0.717) is 17.9 Å². The van der Waals surface area contributed by atoms with Gasteiger partial charge in [-0.15, -0.1) is 14.5 Å². The molecule has 1 unspecified atom stereocenters. The summed E-state index contributed by atoms with van der Waals surface area (Å²) in [6.45, 7) is 1.59. The van der Waals surface area contributed by atoms with Gasteiger partial charge in [0, 0.05) is 6.54 Å². The molecule has 134 valence electrons. The summed E-state index contributed by atoms with van der Waals surface area (Å²) in [5.41, 5.74) is 3.96. The zero-order chi connectivity index (χ0) is 17.7. The normalized spacial score (nSPS) is 26.8. The second-order valence-corrected chi connectivity index (χ2v) is 7.08. The number of aliphatic hydroxyl groups is 1. The largest absolute Gasteiger partial charge is 0.423 e. The van der Waals surface area contributed by atoms with E-state index < -0.39 is 34.2 Å². The van der Waals surface area contributed by atoms with Crippen LogP contribution in [0.5, 0.6) is 0 Å². The highest BCUT2D eigenvalue weighted by atomic mass is 32.3. The van der Waals surface area contributed by atoms with Crippen LogP contribution < -0.4 is 5.73 Å². The Balaban J connectivity index is 1.77. The van der Waals surface area contributed by atoms with Crippen LogP contribution in [0.2, 0.25) is 0 Å². The first kappa shape index (κ1) is 17.0. The van der Waals surface area contributed by atoms with E-state index in [9.17, 15) is 18.3 Å². The van der Waals surface area contributed by atoms with Crippen molar-refractivity contribution in [3.8, 4) is 0 Å². The lowest BCUT2D eigenvalue weighted by atomic mass is 10.0. The van der Waals surface area contributed by atoms with Gasteiger partial charge in [0.05, 0.1) is 12.5 Å². The Morgan fingerprint density at radius 3 is 2.79 bits per heavy atom. The lowest BCUT2D eigenvalue weighted by Crippen LogP contribution is -2.38. The summed E-state index contributed by atoms with van der Waals surface area (Å²) in [4.78, 5) is 13.6. The summed E-state index contributed by atoms with van der Waals surface area (Å²) in [6.07, 6.45) is 0.818. The van der Waals surface area contributed by atoms with Gasteiger partial charge in [-0.05, 0) is 19.8 Å². The number of fused-ring (bicyclic) bond motifs is 2. The van der Waals surface area contributed by atoms with Gasteiger partial charge < -0.3 is 20.2 Å². The van der Waals surface area contributed by atoms with Gasteiger partial charge in [0.2, 0.25) is 11.8 Å². The maximum atomic E-state index is 12.3. The maximum absolute atomic E-state index is 12.3. The van der Waals surface area contributed by atoms with Crippen LogP contribution in [0, 0.1) is 0 Å². The molecule has 2 amide bonds. The zero-order valence-electron chi connectivity index (χ0n) is 12.7. The van der Waals surface area contributed by atoms with E-state index in [-0.39, 0.29) is 24.7 Å². The number of nitrogens with two attached hydrogens (primary N) is 1. The summed E-state index contributed by atoms with van der Waals surface area (Å²) in [5, 5.41) is 17.9. The van der Waals surface area contributed by atoms with Gasteiger partial charge in [0.25, 0.3) is 0 Å². The van der Waals surface area contributed by atoms with Crippen LogP contribution in [0.25, 0.3) is 0 Å². The molecule has 4 N–H and O–H groups in total. The number of hydrogen-bond donors (Lipinski definition) is 3. The van der Waals surface area contributed by atoms with Crippen LogP contribution in [0.4, 0.5) is 4.79 Å². The van der Waals surface area contributed by atoms with E-state index >= 15 is 0 Å². The molecule has 2 aliphatic heterocycles. The molecule has 1 aromatic rings. The molecule has 1 aromatic heterocycles. The summed E-state index contributed by atoms with van der Waals surface area (Å²) in [6, 6.07) is -1.76. The molecule has 24 heavy (non-hydrogen) atoms. The summed E-state index contributed by atoms with van der Waals surface area (Å²) < 4.78 is 40.3. The van der Waals surface area contributed by atoms with Crippen molar-refractivity contribution in [2.75, 3.05) is 6.54 Å². The smallest absolute Gasteiger partial charge is 0.418 e. The average Bonchev–Trinajstić information content (AvgIpc) is 2.96. The van der Waals surface area contributed by atoms with E-state index in [1.165, 1.54) is 11.8 Å². The molecule has 3 rings (SSSR count). The third-order valence-electron chi connectivity index (χ3n) is 3.77. The molecule has 2 bridgehead atoms. The fraction of sp³-hybridized carbons (Fsp3) is 0.727. The molecule has 12 nitrogen and oxygen atoms in total. The van der Waals surface area contributed by atoms with Crippen molar-refractivity contribution in [2.24, 2.45) is 5.73 Å². The van der Waals surface area contributed by atoms with Gasteiger partial charge in [0.15, 0.2) is 0 Å². The highest BCUT2D eigenvalue weighted by Crippen LogP contribution is 2.38. The van der Waals surface area contributed by atoms with Gasteiger partial charge >= 0.3 is 16.4 Å². The second-order valence-electron chi connectivity index (χ2n) is 6.08. The van der Waals surface area contributed by atoms with Crippen LogP contribution in [-0.2, 0) is 21.1 Å². The first-order chi connectivity index (χ1) is 11.0. The van der Waals surface area contributed by atoms with Crippen molar-refractivity contribution in [2.45, 2.75) is 44.0 Å². The SMILES string of the molecule is CC(N)(O)Cc1nnc([C@@H]2CC[C@@H]3CN2C(=O)N3OS(=O)(=O)O)o1. The first-order valence-electron chi connectivity index (χ1n) is 7.14. The monoisotopic (exact) mass is 363 g/mol. The number of nitrogens with zero attached hydrogens (tertiary/aromatic N) is 4. The van der Waals surface area contributed by atoms with E-state index in [1.54, 1.807) is 0 Å². The van der Waals surface area contributed by atoms with Crippen molar-refractivity contribution >= 4 is 16.4 Å². The van der Waals surface area contributed by atoms with E-state index in [0.717, 1.165) is 0 Å². The fourth-order valence-corrected chi connectivity index (χ4v) is 3.26. The van der Waals surface area contributed by atoms with Gasteiger partial charge in [-0.25, -0.2) is 4.79 Å². The number of aromatic nitrogens is 2. The van der Waals surface area contributed by atoms with Gasteiger partial charge in [-0.1, -0.05) is 0 Å². The van der Waals surface area contributed by atoms with Crippen molar-refractivity contribution in [3.63, 3.8) is 0 Å². The minimum Gasteiger partial charge on any atom is -0.423 e. The Kier molecular flexibility index (Phi) is 4.00. The molecule has 2 aliphatic rings. The third kappa shape index (κ3) is 3.49. The average molecular weight is 363 g/mol. The highest BCUT2D eigenvalue weighted by Gasteiger charge is 2.49. The molecule has 3 atom stereocenters. The van der Waals surface area contributed by atoms with Crippen molar-refractivity contribution in [1.82, 2.24) is 20.2 Å². The molecule has 13 heteroatoms. The number of carbonyl (C=O) groups is 1. The molecule has 2 saturated heterocycles. The van der Waals surface area contributed by atoms with Crippen molar-refractivity contribution in [3.05, 3.63) is 11.8 Å². The number of piperidine rings is 1. The molecular weight excluding hydrogens is 346 g/mol. The number of hydrogen-bond acceptors (Lipinski definition) is 9. The lowest BCUT2D eigenvalue weighted by Gasteiger charge is -2.27. The quantitative estimate of drug-likeness (QED) is 0.433. The molecule has 0 saturated carbocycles. The Morgan fingerprint density at radius 2 is 2.17 bits per heavy atom. The number of amides is 2. The van der Waals surface area contributed by atoms with Crippen LogP contribution in [0.1, 0.15) is 37.6 Å². The number of carbonyl (C=O) groups excluding carboxylic acids is 1. The Bertz CT molecular complexity index is 742. The first-order valence-corrected chi connectivity index (χ1v) is 8.50. The Labute approximate surface area is 137 Å². The molecule has 2 fully saturated rings. The maximum Gasteiger partial charge on any atom is 0.418 e. The van der Waals surface area contributed by atoms with E-state index in [1.807, 2.05) is 0 Å². The van der Waals surface area contributed by atoms with Crippen molar-refractivity contribution in [1.29, 1.82) is 0 Å². The molecule has 0 radical (unpaired) electrons. The van der Waals surface area contributed by atoms with E-state index in [2.05, 4.69) is 14.5 Å². The standard InChI is InChI=1S/C11H17N5O7S/c1-11(12,18)4-8-13-14-9(22-8)7-3-2-6-5-15(7)10(17)16(6)23-24(19,20)21/h6-7,18H,2-5,12H2,1H3,(H,19,20,21)/t6-,7+,11?/m1/s1. The topological polar surface area (TPSA) is 172 Å². The molecule has 0 aromatic carbocycles. The summed E-state index contributed by atoms with van der Waals surface area (Å²) >= 11 is 0. The molecular formula is C11H17N5O7S. The van der Waals surface area contributed by atoms with Crippen LogP contribution in [-0.4, -0.2) is 62.6 Å². The third-order valence-corrected chi connectivity index (χ3v) is 4.12. The fourth-order valence-electron chi connectivity index (χ4n) is 2.87. The predicted molar refractivity (Wildman–Crippen MR) is 75.2 cm³/mol. The summed E-state index contributed by atoms with van der Waals surface area (Å²) in [7, 11) is -4.79. The molecule has 3 heterocycles. The van der Waals surface area contributed by atoms with Crippen LogP contribution >= 0.6 is 0 Å².